The molecule has 2 atom stereocenters. The second-order valence-corrected chi connectivity index (χ2v) is 7.17. The second kappa shape index (κ2) is 8.13. The predicted octanol–water partition coefficient (Wildman–Crippen LogP) is 2.91. The molecule has 1 saturated heterocycles. The van der Waals surface area contributed by atoms with Crippen LogP contribution in [0.5, 0.6) is 0 Å². The van der Waals surface area contributed by atoms with E-state index in [0.29, 0.717) is 5.92 Å². The van der Waals surface area contributed by atoms with Gasteiger partial charge in [-0.1, -0.05) is 36.8 Å². The molecule has 0 bridgehead atoms. The van der Waals surface area contributed by atoms with Crippen molar-refractivity contribution in [2.75, 3.05) is 40.0 Å². The number of fused-ring (bicyclic) bond motifs is 1. The largest absolute Gasteiger partial charge is 0.469 e. The molecule has 1 heterocycles. The van der Waals surface area contributed by atoms with Crippen molar-refractivity contribution in [3.05, 3.63) is 35.9 Å². The minimum absolute atomic E-state index is 0.00612. The highest BCUT2D eigenvalue weighted by molar-refractivity contribution is 5.78. The fourth-order valence-electron chi connectivity index (χ4n) is 4.43. The molecule has 3 rings (SSSR count). The minimum atomic E-state index is -0.219. The highest BCUT2D eigenvalue weighted by Gasteiger charge is 2.55. The van der Waals surface area contributed by atoms with Crippen molar-refractivity contribution in [1.29, 1.82) is 0 Å². The van der Waals surface area contributed by atoms with Gasteiger partial charge in [0, 0.05) is 26.2 Å². The Morgan fingerprint density at radius 2 is 2.12 bits per heavy atom. The van der Waals surface area contributed by atoms with E-state index in [2.05, 4.69) is 29.2 Å². The van der Waals surface area contributed by atoms with E-state index in [-0.39, 0.29) is 11.4 Å². The summed E-state index contributed by atoms with van der Waals surface area (Å²) in [7, 11) is 1.52. The van der Waals surface area contributed by atoms with Crippen molar-refractivity contribution in [2.45, 2.75) is 32.1 Å². The van der Waals surface area contributed by atoms with Crippen molar-refractivity contribution < 1.29 is 14.3 Å². The van der Waals surface area contributed by atoms with Gasteiger partial charge in [0.25, 0.3) is 0 Å². The van der Waals surface area contributed by atoms with Gasteiger partial charge in [0.15, 0.2) is 0 Å². The average molecular weight is 331 g/mol. The first-order valence-corrected chi connectivity index (χ1v) is 9.17. The molecule has 1 aliphatic carbocycles. The van der Waals surface area contributed by atoms with Crippen molar-refractivity contribution >= 4 is 5.97 Å². The molecular formula is C20H29NO3. The number of carbonyl (C=O) groups excluding carboxylic acids is 1. The van der Waals surface area contributed by atoms with E-state index in [4.69, 9.17) is 9.47 Å². The van der Waals surface area contributed by atoms with Crippen LogP contribution in [-0.2, 0) is 20.7 Å². The van der Waals surface area contributed by atoms with Crippen LogP contribution in [0.15, 0.2) is 30.3 Å². The lowest BCUT2D eigenvalue weighted by atomic mass is 9.81. The van der Waals surface area contributed by atoms with Gasteiger partial charge in [0.1, 0.15) is 0 Å². The molecule has 2 aliphatic rings. The van der Waals surface area contributed by atoms with Crippen molar-refractivity contribution in [2.24, 2.45) is 11.3 Å². The Labute approximate surface area is 145 Å². The lowest BCUT2D eigenvalue weighted by Crippen LogP contribution is -2.37. The quantitative estimate of drug-likeness (QED) is 0.542. The molecule has 24 heavy (non-hydrogen) atoms. The SMILES string of the molecule is COC(=O)[C@@]12CCC[C@H]1CN(CCCOCCc1ccccc1)C2. The van der Waals surface area contributed by atoms with Crippen molar-refractivity contribution in [3.63, 3.8) is 0 Å². The topological polar surface area (TPSA) is 38.8 Å². The summed E-state index contributed by atoms with van der Waals surface area (Å²) in [5, 5.41) is 0. The zero-order valence-corrected chi connectivity index (χ0v) is 14.7. The summed E-state index contributed by atoms with van der Waals surface area (Å²) in [4.78, 5) is 14.7. The molecule has 4 heteroatoms. The number of benzene rings is 1. The standard InChI is InChI=1S/C20H29NO3/c1-23-19(22)20-11-5-9-18(20)15-21(16-20)12-6-13-24-14-10-17-7-3-2-4-8-17/h2-4,7-8,18H,5-6,9-16H2,1H3/t18-,20+/m0/s1. The fraction of sp³-hybridized carbons (Fsp3) is 0.650. The van der Waals surface area contributed by atoms with Crippen LogP contribution < -0.4 is 0 Å². The van der Waals surface area contributed by atoms with E-state index in [1.165, 1.54) is 19.1 Å². The number of ether oxygens (including phenoxy) is 2. The van der Waals surface area contributed by atoms with E-state index >= 15 is 0 Å². The van der Waals surface area contributed by atoms with Crippen molar-refractivity contribution in [1.82, 2.24) is 4.90 Å². The summed E-state index contributed by atoms with van der Waals surface area (Å²) < 4.78 is 10.9. The van der Waals surface area contributed by atoms with Gasteiger partial charge in [-0.3, -0.25) is 4.79 Å². The molecule has 2 fully saturated rings. The maximum absolute atomic E-state index is 12.2. The maximum atomic E-state index is 12.2. The highest BCUT2D eigenvalue weighted by atomic mass is 16.5. The van der Waals surface area contributed by atoms with Crippen LogP contribution in [0.1, 0.15) is 31.2 Å². The van der Waals surface area contributed by atoms with Crippen LogP contribution in [-0.4, -0.2) is 50.8 Å². The van der Waals surface area contributed by atoms with Crippen LogP contribution in [0.25, 0.3) is 0 Å². The molecule has 1 aromatic rings. The molecule has 0 radical (unpaired) electrons. The Kier molecular flexibility index (Phi) is 5.90. The van der Waals surface area contributed by atoms with Gasteiger partial charge in [0.2, 0.25) is 0 Å². The van der Waals surface area contributed by atoms with Crippen LogP contribution in [0.2, 0.25) is 0 Å². The Morgan fingerprint density at radius 1 is 1.29 bits per heavy atom. The molecule has 0 aromatic heterocycles. The van der Waals surface area contributed by atoms with Crippen LogP contribution in [0.4, 0.5) is 0 Å². The lowest BCUT2D eigenvalue weighted by Gasteiger charge is -2.25. The molecule has 0 unspecified atom stereocenters. The van der Waals surface area contributed by atoms with Gasteiger partial charge >= 0.3 is 5.97 Å². The molecule has 132 valence electrons. The Balaban J connectivity index is 1.34. The molecule has 1 aromatic carbocycles. The molecule has 4 nitrogen and oxygen atoms in total. The number of rotatable bonds is 8. The summed E-state index contributed by atoms with van der Waals surface area (Å²) >= 11 is 0. The fourth-order valence-corrected chi connectivity index (χ4v) is 4.43. The van der Waals surface area contributed by atoms with Gasteiger partial charge in [-0.05, 0) is 37.2 Å². The first kappa shape index (κ1) is 17.4. The number of carbonyl (C=O) groups is 1. The first-order chi connectivity index (χ1) is 11.7. The van der Waals surface area contributed by atoms with Crippen LogP contribution >= 0.6 is 0 Å². The minimum Gasteiger partial charge on any atom is -0.469 e. The van der Waals surface area contributed by atoms with Crippen molar-refractivity contribution in [3.8, 4) is 0 Å². The summed E-state index contributed by atoms with van der Waals surface area (Å²) in [6.45, 7) is 4.49. The van der Waals surface area contributed by atoms with E-state index in [0.717, 1.165) is 58.5 Å². The third-order valence-electron chi connectivity index (χ3n) is 5.67. The summed E-state index contributed by atoms with van der Waals surface area (Å²) in [6, 6.07) is 10.4. The number of hydrogen-bond donors (Lipinski definition) is 0. The van der Waals surface area contributed by atoms with Crippen LogP contribution in [0, 0.1) is 11.3 Å². The van der Waals surface area contributed by atoms with Gasteiger partial charge < -0.3 is 14.4 Å². The third kappa shape index (κ3) is 3.81. The normalized spacial score (nSPS) is 26.5. The summed E-state index contributed by atoms with van der Waals surface area (Å²) in [5.74, 6) is 0.496. The number of hydrogen-bond acceptors (Lipinski definition) is 4. The van der Waals surface area contributed by atoms with Gasteiger partial charge in [-0.15, -0.1) is 0 Å². The van der Waals surface area contributed by atoms with E-state index < -0.39 is 0 Å². The first-order valence-electron chi connectivity index (χ1n) is 9.17. The molecule has 0 spiro atoms. The Bertz CT molecular complexity index is 533. The summed E-state index contributed by atoms with van der Waals surface area (Å²) in [5.41, 5.74) is 1.10. The zero-order valence-electron chi connectivity index (χ0n) is 14.7. The zero-order chi connectivity index (χ0) is 16.8. The molecule has 1 aliphatic heterocycles. The predicted molar refractivity (Wildman–Crippen MR) is 93.8 cm³/mol. The van der Waals surface area contributed by atoms with E-state index in [1.54, 1.807) is 0 Å². The molecular weight excluding hydrogens is 302 g/mol. The average Bonchev–Trinajstić information content (AvgIpc) is 3.16. The second-order valence-electron chi connectivity index (χ2n) is 7.17. The molecule has 0 N–H and O–H groups in total. The Hall–Kier alpha value is -1.39. The maximum Gasteiger partial charge on any atom is 0.313 e. The number of methoxy groups -OCH3 is 1. The number of likely N-dealkylation sites (tertiary alicyclic amines) is 1. The smallest absolute Gasteiger partial charge is 0.313 e. The van der Waals surface area contributed by atoms with E-state index in [1.807, 2.05) is 6.07 Å². The Morgan fingerprint density at radius 3 is 2.92 bits per heavy atom. The number of esters is 1. The highest BCUT2D eigenvalue weighted by Crippen LogP contribution is 2.49. The molecule has 1 saturated carbocycles. The van der Waals surface area contributed by atoms with E-state index in [9.17, 15) is 4.79 Å². The van der Waals surface area contributed by atoms with Gasteiger partial charge in [-0.2, -0.15) is 0 Å². The monoisotopic (exact) mass is 331 g/mol. The van der Waals surface area contributed by atoms with Gasteiger partial charge in [0.05, 0.1) is 19.1 Å². The van der Waals surface area contributed by atoms with Gasteiger partial charge in [-0.25, -0.2) is 0 Å². The van der Waals surface area contributed by atoms with Crippen LogP contribution in [0.3, 0.4) is 0 Å². The lowest BCUT2D eigenvalue weighted by molar-refractivity contribution is -0.153. The summed E-state index contributed by atoms with van der Waals surface area (Å²) in [6.07, 6.45) is 5.32. The molecule has 0 amide bonds. The number of nitrogens with zero attached hydrogens (tertiary/aromatic N) is 1. The third-order valence-corrected chi connectivity index (χ3v) is 5.67.